The van der Waals surface area contributed by atoms with Crippen LogP contribution in [0.15, 0.2) is 26.2 Å². The van der Waals surface area contributed by atoms with Gasteiger partial charge >= 0.3 is 5.63 Å². The van der Waals surface area contributed by atoms with E-state index in [0.29, 0.717) is 17.2 Å². The van der Waals surface area contributed by atoms with Crippen molar-refractivity contribution in [2.75, 3.05) is 11.6 Å². The molecule has 0 bridgehead atoms. The van der Waals surface area contributed by atoms with E-state index in [9.17, 15) is 4.79 Å². The van der Waals surface area contributed by atoms with Crippen LogP contribution in [0.3, 0.4) is 0 Å². The molecule has 1 aliphatic heterocycles. The van der Waals surface area contributed by atoms with Crippen LogP contribution in [0.25, 0.3) is 5.57 Å². The summed E-state index contributed by atoms with van der Waals surface area (Å²) < 4.78 is 5.04. The maximum atomic E-state index is 11.6. The first-order valence-electron chi connectivity index (χ1n) is 4.25. The smallest absolute Gasteiger partial charge is 0.344 e. The van der Waals surface area contributed by atoms with Gasteiger partial charge in [0.15, 0.2) is 0 Å². The molecule has 0 amide bonds. The summed E-state index contributed by atoms with van der Waals surface area (Å²) in [4.78, 5) is 12.6. The zero-order chi connectivity index (χ0) is 10.1. The van der Waals surface area contributed by atoms with Gasteiger partial charge in [0.2, 0.25) is 0 Å². The summed E-state index contributed by atoms with van der Waals surface area (Å²) >= 11 is 7.40. The summed E-state index contributed by atoms with van der Waals surface area (Å²) in [5.74, 6) is 1.89. The van der Waals surface area contributed by atoms with E-state index in [2.05, 4.69) is 0 Å². The Morgan fingerprint density at radius 1 is 1.64 bits per heavy atom. The zero-order valence-electron chi connectivity index (χ0n) is 7.67. The van der Waals surface area contributed by atoms with Gasteiger partial charge in [0.25, 0.3) is 0 Å². The minimum Gasteiger partial charge on any atom is -0.428 e. The third-order valence-corrected chi connectivity index (χ3v) is 3.33. The predicted octanol–water partition coefficient (Wildman–Crippen LogP) is 2.68. The Labute approximate surface area is 91.0 Å². The van der Waals surface area contributed by atoms with Crippen molar-refractivity contribution < 1.29 is 4.42 Å². The third kappa shape index (κ3) is 1.62. The third-order valence-electron chi connectivity index (χ3n) is 2.07. The van der Waals surface area contributed by atoms with Crippen LogP contribution in [0.1, 0.15) is 11.3 Å². The number of halogens is 1. The molecule has 14 heavy (non-hydrogen) atoms. The highest BCUT2D eigenvalue weighted by atomic mass is 35.5. The van der Waals surface area contributed by atoms with E-state index in [1.54, 1.807) is 18.7 Å². The molecule has 1 aromatic heterocycles. The van der Waals surface area contributed by atoms with Crippen molar-refractivity contribution >= 4 is 28.9 Å². The Bertz CT molecular complexity index is 448. The predicted molar refractivity (Wildman–Crippen MR) is 59.1 cm³/mol. The van der Waals surface area contributed by atoms with E-state index < -0.39 is 0 Å². The van der Waals surface area contributed by atoms with Crippen molar-refractivity contribution in [2.45, 2.75) is 11.8 Å². The van der Waals surface area contributed by atoms with Crippen LogP contribution >= 0.6 is 23.4 Å². The number of thioether (sulfide) groups is 1. The van der Waals surface area contributed by atoms with E-state index in [1.165, 1.54) is 0 Å². The molecule has 1 aromatic rings. The minimum atomic E-state index is -0.279. The van der Waals surface area contributed by atoms with Gasteiger partial charge < -0.3 is 4.42 Å². The number of aryl methyl sites for hydroxylation is 1. The molecule has 0 aliphatic carbocycles. The van der Waals surface area contributed by atoms with Crippen molar-refractivity contribution in [1.29, 1.82) is 0 Å². The lowest BCUT2D eigenvalue weighted by Gasteiger charge is -2.13. The van der Waals surface area contributed by atoms with Crippen molar-refractivity contribution in [3.05, 3.63) is 33.9 Å². The van der Waals surface area contributed by atoms with Gasteiger partial charge in [-0.15, -0.1) is 23.4 Å². The first kappa shape index (κ1) is 9.87. The molecule has 2 heterocycles. The molecule has 2 rings (SSSR count). The number of alkyl halides is 1. The van der Waals surface area contributed by atoms with E-state index in [-0.39, 0.29) is 5.63 Å². The summed E-state index contributed by atoms with van der Waals surface area (Å²) in [7, 11) is 0. The highest BCUT2D eigenvalue weighted by Crippen LogP contribution is 2.32. The molecule has 0 aromatic carbocycles. The van der Waals surface area contributed by atoms with Gasteiger partial charge in [0, 0.05) is 16.5 Å². The molecule has 1 aliphatic rings. The summed E-state index contributed by atoms with van der Waals surface area (Å²) in [6.45, 7) is 1.78. The lowest BCUT2D eigenvalue weighted by molar-refractivity contribution is 0.473. The second kappa shape index (κ2) is 3.83. The molecule has 2 nitrogen and oxygen atoms in total. The van der Waals surface area contributed by atoms with Gasteiger partial charge in [-0.1, -0.05) is 6.08 Å². The minimum absolute atomic E-state index is 0.279. The Morgan fingerprint density at radius 2 is 2.43 bits per heavy atom. The fourth-order valence-electron chi connectivity index (χ4n) is 1.44. The van der Waals surface area contributed by atoms with E-state index in [0.717, 1.165) is 16.2 Å². The molecule has 0 N–H and O–H groups in total. The SMILES string of the molecule is Cc1cc2c(c(=O)o1)C(CCl)=CCS2. The van der Waals surface area contributed by atoms with Crippen molar-refractivity contribution in [1.82, 2.24) is 0 Å². The van der Waals surface area contributed by atoms with Gasteiger partial charge in [-0.3, -0.25) is 0 Å². The molecule has 74 valence electrons. The molecule has 0 saturated heterocycles. The lowest BCUT2D eigenvalue weighted by Crippen LogP contribution is -2.12. The van der Waals surface area contributed by atoms with Crippen molar-refractivity contribution in [3.63, 3.8) is 0 Å². The molecule has 4 heteroatoms. The maximum absolute atomic E-state index is 11.6. The topological polar surface area (TPSA) is 30.2 Å². The van der Waals surface area contributed by atoms with E-state index in [4.69, 9.17) is 16.0 Å². The maximum Gasteiger partial charge on any atom is 0.344 e. The number of hydrogen-bond acceptors (Lipinski definition) is 3. The van der Waals surface area contributed by atoms with Crippen LogP contribution in [0.2, 0.25) is 0 Å². The average molecular weight is 229 g/mol. The molecule has 0 spiro atoms. The molecule has 0 radical (unpaired) electrons. The van der Waals surface area contributed by atoms with Gasteiger partial charge in [0.1, 0.15) is 5.76 Å². The first-order valence-corrected chi connectivity index (χ1v) is 5.77. The molecular formula is C10H9ClO2S. The van der Waals surface area contributed by atoms with Crippen molar-refractivity contribution in [2.24, 2.45) is 0 Å². The fourth-order valence-corrected chi connectivity index (χ4v) is 2.76. The Morgan fingerprint density at radius 3 is 3.14 bits per heavy atom. The number of rotatable bonds is 1. The molecule has 0 saturated carbocycles. The highest BCUT2D eigenvalue weighted by molar-refractivity contribution is 7.99. The fraction of sp³-hybridized carbons (Fsp3) is 0.300. The van der Waals surface area contributed by atoms with Gasteiger partial charge in [-0.2, -0.15) is 0 Å². The van der Waals surface area contributed by atoms with Crippen LogP contribution < -0.4 is 5.63 Å². The second-order valence-corrected chi connectivity index (χ2v) is 4.39. The van der Waals surface area contributed by atoms with Gasteiger partial charge in [-0.25, -0.2) is 4.79 Å². The molecular weight excluding hydrogens is 220 g/mol. The van der Waals surface area contributed by atoms with E-state index in [1.807, 2.05) is 12.1 Å². The van der Waals surface area contributed by atoms with E-state index >= 15 is 0 Å². The van der Waals surface area contributed by atoms with Crippen LogP contribution in [-0.4, -0.2) is 11.6 Å². The number of fused-ring (bicyclic) bond motifs is 1. The number of allylic oxidation sites excluding steroid dienone is 1. The summed E-state index contributed by atoms with van der Waals surface area (Å²) in [6.07, 6.45) is 1.98. The molecule has 0 unspecified atom stereocenters. The standard InChI is InChI=1S/C10H9ClO2S/c1-6-4-8-9(10(12)13-6)7(5-11)2-3-14-8/h2,4H,3,5H2,1H3. The van der Waals surface area contributed by atoms with Crippen LogP contribution in [0, 0.1) is 6.92 Å². The molecule has 0 atom stereocenters. The highest BCUT2D eigenvalue weighted by Gasteiger charge is 2.17. The largest absolute Gasteiger partial charge is 0.428 e. The van der Waals surface area contributed by atoms with Gasteiger partial charge in [-0.05, 0) is 18.6 Å². The van der Waals surface area contributed by atoms with Crippen LogP contribution in [0.4, 0.5) is 0 Å². The second-order valence-electron chi connectivity index (χ2n) is 3.06. The zero-order valence-corrected chi connectivity index (χ0v) is 9.24. The summed E-state index contributed by atoms with van der Waals surface area (Å²) in [5, 5.41) is 0. The van der Waals surface area contributed by atoms with Crippen LogP contribution in [0.5, 0.6) is 0 Å². The quantitative estimate of drug-likeness (QED) is 0.693. The Balaban J connectivity index is 2.66. The Hall–Kier alpha value is -0.670. The summed E-state index contributed by atoms with van der Waals surface area (Å²) in [6, 6.07) is 1.89. The van der Waals surface area contributed by atoms with Crippen LogP contribution in [-0.2, 0) is 0 Å². The van der Waals surface area contributed by atoms with Gasteiger partial charge in [0.05, 0.1) is 5.56 Å². The average Bonchev–Trinajstić information content (AvgIpc) is 2.16. The first-order chi connectivity index (χ1) is 6.72. The Kier molecular flexibility index (Phi) is 2.70. The normalized spacial score (nSPS) is 14.9. The molecule has 0 fully saturated rings. The number of hydrogen-bond donors (Lipinski definition) is 0. The summed E-state index contributed by atoms with van der Waals surface area (Å²) in [5.41, 5.74) is 1.25. The van der Waals surface area contributed by atoms with Crippen molar-refractivity contribution in [3.8, 4) is 0 Å². The lowest BCUT2D eigenvalue weighted by atomic mass is 10.1. The monoisotopic (exact) mass is 228 g/mol.